The molecule has 0 radical (unpaired) electrons. The molecule has 0 bridgehead atoms. The highest BCUT2D eigenvalue weighted by Gasteiger charge is 2.25. The topological polar surface area (TPSA) is 104 Å². The lowest BCUT2D eigenvalue weighted by Gasteiger charge is -2.10. The maximum absolute atomic E-state index is 12.4. The van der Waals surface area contributed by atoms with Gasteiger partial charge in [0.05, 0.1) is 23.7 Å². The first kappa shape index (κ1) is 19.0. The molecule has 1 saturated carbocycles. The number of nitrogens with two attached hydrogens (primary N) is 1. The molecule has 0 saturated heterocycles. The molecule has 0 aliphatic heterocycles. The highest BCUT2D eigenvalue weighted by molar-refractivity contribution is 5.99. The van der Waals surface area contributed by atoms with Crippen molar-refractivity contribution in [2.45, 2.75) is 25.7 Å². The van der Waals surface area contributed by atoms with Crippen molar-refractivity contribution < 1.29 is 14.3 Å². The summed E-state index contributed by atoms with van der Waals surface area (Å²) in [6.45, 7) is 0. The Kier molecular flexibility index (Phi) is 4.77. The quantitative estimate of drug-likeness (QED) is 0.693. The second-order valence-corrected chi connectivity index (χ2v) is 7.57. The van der Waals surface area contributed by atoms with Crippen LogP contribution in [-0.4, -0.2) is 33.0 Å². The third kappa shape index (κ3) is 3.24. The minimum atomic E-state index is -0.556. The standard InChI is InChI=1S/C21H25N5O3/c1-25-11-14(19(22)27)18(29-3)17(25)20-24-15-10-13(8-9-16(15)26(20)2)23-21(28)12-6-4-5-7-12/h8-12H,4-7H2,1-3H3,(H2,22,27)(H,23,28). The van der Waals surface area contributed by atoms with E-state index in [-0.39, 0.29) is 11.8 Å². The first-order valence-corrected chi connectivity index (χ1v) is 9.71. The molecule has 0 unspecified atom stereocenters. The zero-order chi connectivity index (χ0) is 20.7. The van der Waals surface area contributed by atoms with Crippen molar-refractivity contribution in [2.24, 2.45) is 25.7 Å². The highest BCUT2D eigenvalue weighted by atomic mass is 16.5. The fourth-order valence-electron chi connectivity index (χ4n) is 4.17. The van der Waals surface area contributed by atoms with Gasteiger partial charge in [-0.15, -0.1) is 0 Å². The minimum Gasteiger partial charge on any atom is -0.494 e. The van der Waals surface area contributed by atoms with Crippen LogP contribution in [0.5, 0.6) is 5.75 Å². The van der Waals surface area contributed by atoms with Crippen molar-refractivity contribution in [1.29, 1.82) is 0 Å². The van der Waals surface area contributed by atoms with Gasteiger partial charge in [-0.25, -0.2) is 4.98 Å². The summed E-state index contributed by atoms with van der Waals surface area (Å²) in [5, 5.41) is 3.02. The van der Waals surface area contributed by atoms with Gasteiger partial charge in [-0.1, -0.05) is 12.8 Å². The Morgan fingerprint density at radius 2 is 1.97 bits per heavy atom. The van der Waals surface area contributed by atoms with Crippen LogP contribution in [0.3, 0.4) is 0 Å². The summed E-state index contributed by atoms with van der Waals surface area (Å²) in [5.74, 6) is 0.664. The van der Waals surface area contributed by atoms with E-state index in [0.717, 1.165) is 42.4 Å². The van der Waals surface area contributed by atoms with Gasteiger partial charge < -0.3 is 24.9 Å². The smallest absolute Gasteiger partial charge is 0.254 e. The molecule has 1 aromatic carbocycles. The zero-order valence-electron chi connectivity index (χ0n) is 16.9. The number of carbonyl (C=O) groups is 2. The number of fused-ring (bicyclic) bond motifs is 1. The molecule has 0 atom stereocenters. The van der Waals surface area contributed by atoms with Gasteiger partial charge in [-0.2, -0.15) is 0 Å². The predicted molar refractivity (Wildman–Crippen MR) is 111 cm³/mol. The van der Waals surface area contributed by atoms with Crippen LogP contribution in [0.4, 0.5) is 5.69 Å². The Balaban J connectivity index is 1.73. The number of nitrogens with one attached hydrogen (secondary N) is 1. The summed E-state index contributed by atoms with van der Waals surface area (Å²) in [7, 11) is 5.22. The molecule has 8 heteroatoms. The molecule has 3 aromatic rings. The first-order valence-electron chi connectivity index (χ1n) is 9.71. The van der Waals surface area contributed by atoms with E-state index in [4.69, 9.17) is 15.5 Å². The largest absolute Gasteiger partial charge is 0.494 e. The maximum atomic E-state index is 12.4. The fraction of sp³-hybridized carbons (Fsp3) is 0.381. The predicted octanol–water partition coefficient (Wildman–Crippen LogP) is 2.82. The van der Waals surface area contributed by atoms with E-state index >= 15 is 0 Å². The molecular formula is C21H25N5O3. The molecule has 152 valence electrons. The van der Waals surface area contributed by atoms with Crippen LogP contribution in [0, 0.1) is 5.92 Å². The summed E-state index contributed by atoms with van der Waals surface area (Å²) < 4.78 is 9.18. The van der Waals surface area contributed by atoms with Crippen molar-refractivity contribution in [1.82, 2.24) is 14.1 Å². The van der Waals surface area contributed by atoms with Crippen LogP contribution >= 0.6 is 0 Å². The van der Waals surface area contributed by atoms with Crippen molar-refractivity contribution in [3.63, 3.8) is 0 Å². The summed E-state index contributed by atoms with van der Waals surface area (Å²) in [6, 6.07) is 5.69. The molecule has 4 rings (SSSR count). The van der Waals surface area contributed by atoms with Gasteiger partial charge in [0.1, 0.15) is 5.69 Å². The third-order valence-electron chi connectivity index (χ3n) is 5.69. The Morgan fingerprint density at radius 3 is 2.62 bits per heavy atom. The molecule has 3 N–H and O–H groups in total. The van der Waals surface area contributed by atoms with Gasteiger partial charge in [0.25, 0.3) is 5.91 Å². The number of hydrogen-bond acceptors (Lipinski definition) is 4. The Bertz CT molecular complexity index is 1110. The average Bonchev–Trinajstić information content (AvgIpc) is 3.39. The van der Waals surface area contributed by atoms with Crippen LogP contribution in [0.1, 0.15) is 36.0 Å². The molecule has 1 aliphatic carbocycles. The van der Waals surface area contributed by atoms with Gasteiger partial charge in [0.2, 0.25) is 5.91 Å². The zero-order valence-corrected chi connectivity index (χ0v) is 16.9. The minimum absolute atomic E-state index is 0.0770. The number of anilines is 1. The number of aryl methyl sites for hydroxylation is 2. The molecule has 1 aliphatic rings. The first-order chi connectivity index (χ1) is 13.9. The van der Waals surface area contributed by atoms with E-state index in [1.54, 1.807) is 10.8 Å². The number of methoxy groups -OCH3 is 1. The lowest BCUT2D eigenvalue weighted by molar-refractivity contribution is -0.119. The molecule has 2 heterocycles. The number of nitrogens with zero attached hydrogens (tertiary/aromatic N) is 3. The highest BCUT2D eigenvalue weighted by Crippen LogP contribution is 2.35. The van der Waals surface area contributed by atoms with E-state index in [2.05, 4.69) is 5.32 Å². The molecule has 2 aromatic heterocycles. The monoisotopic (exact) mass is 395 g/mol. The number of primary amides is 1. The molecule has 29 heavy (non-hydrogen) atoms. The van der Waals surface area contributed by atoms with Gasteiger partial charge in [0.15, 0.2) is 11.6 Å². The van der Waals surface area contributed by atoms with Crippen molar-refractivity contribution in [3.8, 4) is 17.3 Å². The van der Waals surface area contributed by atoms with Gasteiger partial charge in [0, 0.05) is 31.9 Å². The summed E-state index contributed by atoms with van der Waals surface area (Å²) in [5.41, 5.74) is 8.84. The van der Waals surface area contributed by atoms with Crippen LogP contribution in [0.15, 0.2) is 24.4 Å². The summed E-state index contributed by atoms with van der Waals surface area (Å²) in [6.07, 6.45) is 5.79. The third-order valence-corrected chi connectivity index (χ3v) is 5.69. The molecule has 1 fully saturated rings. The number of imidazole rings is 1. The molecule has 2 amide bonds. The number of carbonyl (C=O) groups excluding carboxylic acids is 2. The lowest BCUT2D eigenvalue weighted by atomic mass is 10.1. The Hall–Kier alpha value is -3.29. The average molecular weight is 395 g/mol. The van der Waals surface area contributed by atoms with Gasteiger partial charge in [-0.3, -0.25) is 9.59 Å². The Labute approximate surface area is 168 Å². The summed E-state index contributed by atoms with van der Waals surface area (Å²) in [4.78, 5) is 28.9. The van der Waals surface area contributed by atoms with E-state index < -0.39 is 5.91 Å². The number of amides is 2. The van der Waals surface area contributed by atoms with Crippen LogP contribution in [0.2, 0.25) is 0 Å². The molecular weight excluding hydrogens is 370 g/mol. The molecule has 8 nitrogen and oxygen atoms in total. The maximum Gasteiger partial charge on any atom is 0.254 e. The summed E-state index contributed by atoms with van der Waals surface area (Å²) >= 11 is 0. The van der Waals surface area contributed by atoms with Crippen molar-refractivity contribution in [3.05, 3.63) is 30.0 Å². The van der Waals surface area contributed by atoms with Crippen LogP contribution < -0.4 is 15.8 Å². The Morgan fingerprint density at radius 1 is 1.24 bits per heavy atom. The van der Waals surface area contributed by atoms with Crippen molar-refractivity contribution in [2.75, 3.05) is 12.4 Å². The van der Waals surface area contributed by atoms with Gasteiger partial charge >= 0.3 is 0 Å². The fourth-order valence-corrected chi connectivity index (χ4v) is 4.17. The van der Waals surface area contributed by atoms with E-state index in [0.29, 0.717) is 22.8 Å². The van der Waals surface area contributed by atoms with E-state index in [1.165, 1.54) is 7.11 Å². The second-order valence-electron chi connectivity index (χ2n) is 7.57. The number of rotatable bonds is 5. The number of hydrogen-bond donors (Lipinski definition) is 2. The normalized spacial score (nSPS) is 14.4. The van der Waals surface area contributed by atoms with Crippen molar-refractivity contribution >= 4 is 28.5 Å². The van der Waals surface area contributed by atoms with Crippen LogP contribution in [-0.2, 0) is 18.9 Å². The lowest BCUT2D eigenvalue weighted by Crippen LogP contribution is -2.20. The van der Waals surface area contributed by atoms with E-state index in [1.807, 2.05) is 36.9 Å². The van der Waals surface area contributed by atoms with Crippen LogP contribution in [0.25, 0.3) is 22.6 Å². The number of ether oxygens (including phenoxy) is 1. The SMILES string of the molecule is COc1c(C(N)=O)cn(C)c1-c1nc2cc(NC(=O)C3CCCC3)ccc2n1C. The van der Waals surface area contributed by atoms with E-state index in [9.17, 15) is 9.59 Å². The number of benzene rings is 1. The van der Waals surface area contributed by atoms with Gasteiger partial charge in [-0.05, 0) is 31.0 Å². The second kappa shape index (κ2) is 7.27. The number of aromatic nitrogens is 3. The molecule has 0 spiro atoms.